The first kappa shape index (κ1) is 34.1. The summed E-state index contributed by atoms with van der Waals surface area (Å²) in [4.78, 5) is 2.42. The Morgan fingerprint density at radius 3 is 1.98 bits per heavy atom. The zero-order chi connectivity index (χ0) is 37.5. The molecule has 0 saturated carbocycles. The Morgan fingerprint density at radius 2 is 1.20 bits per heavy atom. The highest BCUT2D eigenvalue weighted by Gasteiger charge is 2.28. The summed E-state index contributed by atoms with van der Waals surface area (Å²) in [7, 11) is 0. The van der Waals surface area contributed by atoms with E-state index in [-0.39, 0.29) is 5.41 Å². The van der Waals surface area contributed by atoms with Gasteiger partial charge in [0, 0.05) is 38.9 Å². The molecule has 0 bridgehead atoms. The molecule has 1 aliphatic rings. The van der Waals surface area contributed by atoms with Gasteiger partial charge >= 0.3 is 0 Å². The molecule has 1 heterocycles. The summed E-state index contributed by atoms with van der Waals surface area (Å²) in [5, 5.41) is 2.51. The van der Waals surface area contributed by atoms with E-state index in [1.165, 1.54) is 66.4 Å². The van der Waals surface area contributed by atoms with E-state index in [4.69, 9.17) is 0 Å². The van der Waals surface area contributed by atoms with Gasteiger partial charge in [-0.05, 0) is 125 Å². The largest absolute Gasteiger partial charge is 0.310 e. The summed E-state index contributed by atoms with van der Waals surface area (Å²) in [5.41, 5.74) is 16.5. The third kappa shape index (κ3) is 6.20. The molecule has 8 aromatic rings. The van der Waals surface area contributed by atoms with E-state index in [0.717, 1.165) is 29.1 Å². The molecule has 0 atom stereocenters. The third-order valence-corrected chi connectivity index (χ3v) is 11.4. The van der Waals surface area contributed by atoms with E-state index >= 15 is 0 Å². The highest BCUT2D eigenvalue weighted by atomic mass is 15.1. The van der Waals surface area contributed by atoms with Crippen LogP contribution in [0.1, 0.15) is 30.5 Å². The zero-order valence-corrected chi connectivity index (χ0v) is 31.7. The van der Waals surface area contributed by atoms with E-state index in [1.807, 2.05) is 0 Å². The number of aryl methyl sites for hydroxylation is 1. The van der Waals surface area contributed by atoms with Gasteiger partial charge in [0.05, 0.1) is 11.0 Å². The molecule has 9 rings (SSSR count). The van der Waals surface area contributed by atoms with E-state index in [1.54, 1.807) is 0 Å². The lowest BCUT2D eigenvalue weighted by atomic mass is 9.75. The van der Waals surface area contributed by atoms with E-state index in [9.17, 15) is 0 Å². The molecule has 1 aromatic heterocycles. The van der Waals surface area contributed by atoms with Gasteiger partial charge in [0.2, 0.25) is 0 Å². The van der Waals surface area contributed by atoms with Crippen LogP contribution < -0.4 is 4.90 Å². The Balaban J connectivity index is 1.17. The minimum atomic E-state index is -0.238. The second kappa shape index (κ2) is 14.0. The van der Waals surface area contributed by atoms with Gasteiger partial charge in [0.1, 0.15) is 0 Å². The molecule has 1 aliphatic carbocycles. The molecule has 266 valence electrons. The Bertz CT molecular complexity index is 2760. The Kier molecular flexibility index (Phi) is 8.67. The van der Waals surface area contributed by atoms with Crippen LogP contribution in [-0.4, -0.2) is 4.57 Å². The van der Waals surface area contributed by atoms with Crippen LogP contribution in [0, 0.1) is 6.92 Å². The molecule has 0 fully saturated rings. The molecule has 0 aliphatic heterocycles. The van der Waals surface area contributed by atoms with Gasteiger partial charge in [-0.1, -0.05) is 142 Å². The van der Waals surface area contributed by atoms with Gasteiger partial charge in [-0.25, -0.2) is 0 Å². The maximum Gasteiger partial charge on any atom is 0.0541 e. The van der Waals surface area contributed by atoms with Gasteiger partial charge in [0.25, 0.3) is 0 Å². The second-order valence-electron chi connectivity index (χ2n) is 15.2. The predicted molar refractivity (Wildman–Crippen MR) is 235 cm³/mol. The van der Waals surface area contributed by atoms with Gasteiger partial charge in [-0.3, -0.25) is 0 Å². The minimum absolute atomic E-state index is 0.238. The highest BCUT2D eigenvalue weighted by molar-refractivity contribution is 6.10. The molecule has 2 heteroatoms. The Morgan fingerprint density at radius 1 is 0.564 bits per heavy atom. The summed E-state index contributed by atoms with van der Waals surface area (Å²) in [6.45, 7) is 11.3. The standard InChI is InChI=1S/C53H44N2/c1-37-34-42(43-28-33-52-48(35-43)47-22-14-15-23-51(47)55(52)44-20-12-7-13-21-44)27-32-50(37)54(45-29-24-40(25-30-45)39-17-9-6-10-18-39)46-31-26-41-19-11-5-8-16-38(2)53(3,4)49(41)36-46/h5-18,20-36H,2,19H2,1,3-4H3/b11-5-,16-8-. The summed E-state index contributed by atoms with van der Waals surface area (Å²) in [5.74, 6) is 0. The lowest BCUT2D eigenvalue weighted by Gasteiger charge is -2.32. The van der Waals surface area contributed by atoms with Crippen LogP contribution in [-0.2, 0) is 11.8 Å². The van der Waals surface area contributed by atoms with Gasteiger partial charge in [-0.2, -0.15) is 0 Å². The van der Waals surface area contributed by atoms with Crippen molar-refractivity contribution in [1.82, 2.24) is 4.57 Å². The molecular formula is C53H44N2. The summed E-state index contributed by atoms with van der Waals surface area (Å²) in [6, 6.07) is 59.8. The molecule has 0 radical (unpaired) electrons. The molecule has 0 N–H and O–H groups in total. The molecule has 2 nitrogen and oxygen atoms in total. The molecule has 7 aromatic carbocycles. The van der Waals surface area contributed by atoms with Crippen molar-refractivity contribution in [3.8, 4) is 27.9 Å². The van der Waals surface area contributed by atoms with E-state index in [0.29, 0.717) is 0 Å². The molecule has 0 saturated heterocycles. The average Bonchev–Trinajstić information content (AvgIpc) is 3.57. The van der Waals surface area contributed by atoms with E-state index < -0.39 is 0 Å². The fourth-order valence-electron chi connectivity index (χ4n) is 8.24. The van der Waals surface area contributed by atoms with Crippen molar-refractivity contribution in [3.05, 3.63) is 217 Å². The molecule has 0 unspecified atom stereocenters. The van der Waals surface area contributed by atoms with Crippen molar-refractivity contribution in [2.45, 2.75) is 32.6 Å². The quantitative estimate of drug-likeness (QED) is 0.167. The lowest BCUT2D eigenvalue weighted by Crippen LogP contribution is -2.22. The van der Waals surface area contributed by atoms with Crippen LogP contribution in [0.5, 0.6) is 0 Å². The predicted octanol–water partition coefficient (Wildman–Crippen LogP) is 14.4. The summed E-state index contributed by atoms with van der Waals surface area (Å²) in [6.07, 6.45) is 9.52. The van der Waals surface area contributed by atoms with Crippen molar-refractivity contribution in [2.75, 3.05) is 4.90 Å². The van der Waals surface area contributed by atoms with Crippen LogP contribution in [0.4, 0.5) is 17.1 Å². The first-order valence-electron chi connectivity index (χ1n) is 19.2. The second-order valence-corrected chi connectivity index (χ2v) is 15.2. The van der Waals surface area contributed by atoms with Gasteiger partial charge in [-0.15, -0.1) is 0 Å². The van der Waals surface area contributed by atoms with Crippen molar-refractivity contribution in [1.29, 1.82) is 0 Å². The van der Waals surface area contributed by atoms with Crippen LogP contribution in [0.25, 0.3) is 49.7 Å². The zero-order valence-electron chi connectivity index (χ0n) is 31.7. The summed E-state index contributed by atoms with van der Waals surface area (Å²) < 4.78 is 2.37. The smallest absolute Gasteiger partial charge is 0.0541 e. The van der Waals surface area contributed by atoms with Crippen molar-refractivity contribution in [3.63, 3.8) is 0 Å². The third-order valence-electron chi connectivity index (χ3n) is 11.4. The van der Waals surface area contributed by atoms with Crippen molar-refractivity contribution < 1.29 is 0 Å². The maximum atomic E-state index is 4.51. The number of para-hydroxylation sites is 2. The first-order chi connectivity index (χ1) is 26.9. The SMILES string of the molecule is C=C1/C=C\C=C/Cc2ccc(N(c3ccc(-c4ccccc4)cc3)c3ccc(-c4ccc5c(c4)c4ccccc4n5-c4ccccc4)cc3C)cc2C1(C)C. The number of allylic oxidation sites excluding steroid dienone is 5. The minimum Gasteiger partial charge on any atom is -0.310 e. The van der Waals surface area contributed by atoms with Crippen LogP contribution in [0.2, 0.25) is 0 Å². The average molecular weight is 709 g/mol. The van der Waals surface area contributed by atoms with Crippen molar-refractivity contribution >= 4 is 38.9 Å². The van der Waals surface area contributed by atoms with Crippen molar-refractivity contribution in [2.24, 2.45) is 0 Å². The van der Waals surface area contributed by atoms with Crippen LogP contribution >= 0.6 is 0 Å². The number of benzene rings is 7. The number of nitrogens with zero attached hydrogens (tertiary/aromatic N) is 2. The maximum absolute atomic E-state index is 4.51. The summed E-state index contributed by atoms with van der Waals surface area (Å²) >= 11 is 0. The Hall–Kier alpha value is -6.64. The number of rotatable bonds is 6. The fraction of sp³-hybridized carbons (Fsp3) is 0.0943. The van der Waals surface area contributed by atoms with Crippen LogP contribution in [0.15, 0.2) is 200 Å². The number of fused-ring (bicyclic) bond motifs is 4. The lowest BCUT2D eigenvalue weighted by molar-refractivity contribution is 0.635. The first-order valence-corrected chi connectivity index (χ1v) is 19.2. The fourth-order valence-corrected chi connectivity index (χ4v) is 8.24. The number of anilines is 3. The molecular weight excluding hydrogens is 665 g/mol. The van der Waals surface area contributed by atoms with E-state index in [2.05, 4.69) is 225 Å². The molecule has 55 heavy (non-hydrogen) atoms. The number of hydrogen-bond acceptors (Lipinski definition) is 1. The normalized spacial score (nSPS) is 14.9. The highest BCUT2D eigenvalue weighted by Crippen LogP contribution is 2.43. The van der Waals surface area contributed by atoms with Crippen LogP contribution in [0.3, 0.4) is 0 Å². The Labute approximate surface area is 324 Å². The molecule has 0 spiro atoms. The number of aromatic nitrogens is 1. The van der Waals surface area contributed by atoms with Gasteiger partial charge < -0.3 is 9.47 Å². The topological polar surface area (TPSA) is 8.17 Å². The molecule has 0 amide bonds. The number of hydrogen-bond donors (Lipinski definition) is 0. The monoisotopic (exact) mass is 708 g/mol. The van der Waals surface area contributed by atoms with Gasteiger partial charge in [0.15, 0.2) is 0 Å².